The fourth-order valence-corrected chi connectivity index (χ4v) is 7.68. The molecule has 4 aliphatic rings. The lowest BCUT2D eigenvalue weighted by molar-refractivity contribution is -0.153. The second-order valence-corrected chi connectivity index (χ2v) is 10.6. The lowest BCUT2D eigenvalue weighted by Crippen LogP contribution is -2.53. The first kappa shape index (κ1) is 22.2. The molecule has 4 heterocycles. The van der Waals surface area contributed by atoms with Gasteiger partial charge in [0.2, 0.25) is 5.91 Å². The van der Waals surface area contributed by atoms with Crippen molar-refractivity contribution in [3.63, 3.8) is 0 Å². The van der Waals surface area contributed by atoms with Gasteiger partial charge in [0.15, 0.2) is 0 Å². The van der Waals surface area contributed by atoms with Crippen LogP contribution in [0.15, 0.2) is 42.5 Å². The normalized spacial score (nSPS) is 33.2. The molecule has 0 aliphatic carbocycles. The van der Waals surface area contributed by atoms with E-state index in [1.807, 2.05) is 56.4 Å². The van der Waals surface area contributed by atoms with Crippen molar-refractivity contribution in [1.29, 1.82) is 0 Å². The summed E-state index contributed by atoms with van der Waals surface area (Å²) in [5, 5.41) is 9.50. The van der Waals surface area contributed by atoms with Crippen molar-refractivity contribution in [2.75, 3.05) is 31.2 Å². The van der Waals surface area contributed by atoms with E-state index >= 15 is 0 Å². The molecule has 33 heavy (non-hydrogen) atoms. The van der Waals surface area contributed by atoms with E-state index in [0.717, 1.165) is 16.8 Å². The number of anilines is 1. The molecule has 5 atom stereocenters. The standard InChI is InChI=1S/C25H28N2O5S/c1-15-7-8-16(2)17(14-15)26-10-5-9-25-20(22(29)27(11-12-28)21(25)23(26)30)19-18(33-25)6-3-4-13-32-24(19)31/h3,5-9,14,18-21,28H,4,10-13H2,1-2H3/t18-,19+,20-,21?,25-/m0/s1. The number of benzene rings is 1. The van der Waals surface area contributed by atoms with Gasteiger partial charge in [-0.2, -0.15) is 0 Å². The van der Waals surface area contributed by atoms with E-state index in [9.17, 15) is 19.5 Å². The fraction of sp³-hybridized carbons (Fsp3) is 0.480. The average Bonchev–Trinajstić information content (AvgIpc) is 3.14. The van der Waals surface area contributed by atoms with Crippen molar-refractivity contribution in [1.82, 2.24) is 4.90 Å². The Labute approximate surface area is 197 Å². The van der Waals surface area contributed by atoms with Gasteiger partial charge in [0, 0.05) is 24.0 Å². The van der Waals surface area contributed by atoms with E-state index in [-0.39, 0.29) is 42.8 Å². The number of esters is 1. The van der Waals surface area contributed by atoms with Gasteiger partial charge < -0.3 is 19.6 Å². The van der Waals surface area contributed by atoms with Crippen molar-refractivity contribution in [2.45, 2.75) is 36.3 Å². The summed E-state index contributed by atoms with van der Waals surface area (Å²) in [6.45, 7) is 4.41. The minimum atomic E-state index is -0.890. The number of aryl methyl sites for hydroxylation is 2. The van der Waals surface area contributed by atoms with E-state index in [4.69, 9.17) is 4.74 Å². The number of aliphatic hydroxyl groups is 1. The van der Waals surface area contributed by atoms with Gasteiger partial charge in [-0.1, -0.05) is 36.4 Å². The number of carbonyl (C=O) groups excluding carboxylic acids is 3. The van der Waals surface area contributed by atoms with E-state index in [0.29, 0.717) is 13.0 Å². The third-order valence-electron chi connectivity index (χ3n) is 7.12. The van der Waals surface area contributed by atoms with Gasteiger partial charge in [0.1, 0.15) is 6.04 Å². The van der Waals surface area contributed by atoms with Crippen molar-refractivity contribution in [3.8, 4) is 0 Å². The fourth-order valence-electron chi connectivity index (χ4n) is 5.68. The molecule has 7 nitrogen and oxygen atoms in total. The number of ether oxygens (including phenoxy) is 1. The van der Waals surface area contributed by atoms with Crippen LogP contribution in [0.5, 0.6) is 0 Å². The predicted molar refractivity (Wildman–Crippen MR) is 126 cm³/mol. The minimum absolute atomic E-state index is 0.0464. The monoisotopic (exact) mass is 468 g/mol. The molecule has 0 saturated carbocycles. The summed E-state index contributed by atoms with van der Waals surface area (Å²) in [6, 6.07) is 5.18. The molecule has 2 fully saturated rings. The van der Waals surface area contributed by atoms with Gasteiger partial charge in [-0.15, -0.1) is 11.8 Å². The van der Waals surface area contributed by atoms with Crippen molar-refractivity contribution >= 4 is 35.2 Å². The predicted octanol–water partition coefficient (Wildman–Crippen LogP) is 2.00. The molecular weight excluding hydrogens is 440 g/mol. The first-order chi connectivity index (χ1) is 15.9. The summed E-state index contributed by atoms with van der Waals surface area (Å²) in [4.78, 5) is 44.1. The molecule has 2 saturated heterocycles. The van der Waals surface area contributed by atoms with Crippen LogP contribution in [0.25, 0.3) is 0 Å². The Balaban J connectivity index is 1.63. The number of β-amino-alcohol motifs (C(OH)–C–C–N with tert-alkyl or cyclic N) is 1. The zero-order valence-electron chi connectivity index (χ0n) is 18.8. The quantitative estimate of drug-likeness (QED) is 0.539. The van der Waals surface area contributed by atoms with Crippen LogP contribution < -0.4 is 4.90 Å². The van der Waals surface area contributed by atoms with E-state index in [1.54, 1.807) is 4.90 Å². The lowest BCUT2D eigenvalue weighted by atomic mass is 9.78. The number of likely N-dealkylation sites (tertiary alicyclic amines) is 1. The number of carbonyl (C=O) groups is 3. The van der Waals surface area contributed by atoms with Gasteiger partial charge in [0.25, 0.3) is 5.91 Å². The van der Waals surface area contributed by atoms with Gasteiger partial charge in [-0.3, -0.25) is 14.4 Å². The molecule has 0 aromatic heterocycles. The number of hydrogen-bond donors (Lipinski definition) is 1. The Morgan fingerprint density at radius 3 is 2.79 bits per heavy atom. The molecule has 4 aliphatic heterocycles. The topological polar surface area (TPSA) is 87.2 Å². The molecule has 0 radical (unpaired) electrons. The highest BCUT2D eigenvalue weighted by atomic mass is 32.2. The van der Waals surface area contributed by atoms with E-state index in [2.05, 4.69) is 0 Å². The van der Waals surface area contributed by atoms with Crippen LogP contribution in [-0.2, 0) is 19.1 Å². The number of fused-ring (bicyclic) bond motifs is 2. The van der Waals surface area contributed by atoms with Crippen LogP contribution in [0, 0.1) is 25.7 Å². The van der Waals surface area contributed by atoms with Crippen LogP contribution in [0.1, 0.15) is 17.5 Å². The maximum atomic E-state index is 14.1. The Morgan fingerprint density at radius 2 is 2.00 bits per heavy atom. The highest BCUT2D eigenvalue weighted by Crippen LogP contribution is 2.60. The Kier molecular flexibility index (Phi) is 5.61. The summed E-state index contributed by atoms with van der Waals surface area (Å²) in [7, 11) is 0. The first-order valence-electron chi connectivity index (χ1n) is 11.4. The lowest BCUT2D eigenvalue weighted by Gasteiger charge is -2.35. The first-order valence-corrected chi connectivity index (χ1v) is 12.3. The summed E-state index contributed by atoms with van der Waals surface area (Å²) < 4.78 is 4.57. The maximum absolute atomic E-state index is 14.1. The van der Waals surface area contributed by atoms with Gasteiger partial charge in [-0.05, 0) is 37.5 Å². The maximum Gasteiger partial charge on any atom is 0.311 e. The molecule has 1 N–H and O–H groups in total. The highest BCUT2D eigenvalue weighted by Gasteiger charge is 2.71. The second-order valence-electron chi connectivity index (χ2n) is 9.12. The minimum Gasteiger partial charge on any atom is -0.465 e. The molecule has 5 rings (SSSR count). The summed E-state index contributed by atoms with van der Waals surface area (Å²) >= 11 is 1.51. The number of rotatable bonds is 3. The largest absolute Gasteiger partial charge is 0.465 e. The second kappa shape index (κ2) is 8.33. The number of thioether (sulfide) groups is 1. The van der Waals surface area contributed by atoms with Gasteiger partial charge >= 0.3 is 5.97 Å². The SMILES string of the molecule is Cc1ccc(C)c(N2CC=C[C@]34S[C@H]5C=CCCOC(=O)[C@H]5[C@H]3C(=O)N(CCO)C4C2=O)c1. The van der Waals surface area contributed by atoms with Crippen LogP contribution in [-0.4, -0.2) is 70.1 Å². The molecule has 2 amide bonds. The Morgan fingerprint density at radius 1 is 1.18 bits per heavy atom. The molecule has 0 bridgehead atoms. The Hall–Kier alpha value is -2.58. The molecule has 174 valence electrons. The summed E-state index contributed by atoms with van der Waals surface area (Å²) in [5.41, 5.74) is 2.83. The van der Waals surface area contributed by atoms with Crippen molar-refractivity contribution in [2.24, 2.45) is 11.8 Å². The molecule has 1 spiro atoms. The van der Waals surface area contributed by atoms with Gasteiger partial charge in [-0.25, -0.2) is 0 Å². The smallest absolute Gasteiger partial charge is 0.311 e. The van der Waals surface area contributed by atoms with Crippen molar-refractivity contribution < 1.29 is 24.2 Å². The van der Waals surface area contributed by atoms with E-state index in [1.165, 1.54) is 16.7 Å². The summed E-state index contributed by atoms with van der Waals surface area (Å²) in [6.07, 6.45) is 8.54. The number of amides is 2. The average molecular weight is 469 g/mol. The molecule has 1 aromatic rings. The molecule has 1 aromatic carbocycles. The third kappa shape index (κ3) is 3.34. The van der Waals surface area contributed by atoms with Crippen molar-refractivity contribution in [3.05, 3.63) is 53.6 Å². The highest BCUT2D eigenvalue weighted by molar-refractivity contribution is 8.02. The molecular formula is C25H28N2O5S. The van der Waals surface area contributed by atoms with E-state index < -0.39 is 22.6 Å². The molecule has 1 unspecified atom stereocenters. The van der Waals surface area contributed by atoms with Crippen LogP contribution >= 0.6 is 11.8 Å². The Bertz CT molecular complexity index is 1070. The number of aliphatic hydroxyl groups excluding tert-OH is 1. The number of cyclic esters (lactones) is 1. The van der Waals surface area contributed by atoms with Crippen LogP contribution in [0.4, 0.5) is 5.69 Å². The zero-order valence-corrected chi connectivity index (χ0v) is 19.6. The van der Waals surface area contributed by atoms with Crippen LogP contribution in [0.2, 0.25) is 0 Å². The van der Waals surface area contributed by atoms with Gasteiger partial charge in [0.05, 0.1) is 29.8 Å². The zero-order chi connectivity index (χ0) is 23.3. The number of hydrogen-bond acceptors (Lipinski definition) is 6. The third-order valence-corrected chi connectivity index (χ3v) is 8.86. The summed E-state index contributed by atoms with van der Waals surface area (Å²) in [5.74, 6) is -2.20. The number of nitrogens with zero attached hydrogens (tertiary/aromatic N) is 2. The van der Waals surface area contributed by atoms with Crippen LogP contribution in [0.3, 0.4) is 0 Å². The molecule has 8 heteroatoms.